The summed E-state index contributed by atoms with van der Waals surface area (Å²) in [4.78, 5) is 33.8. The minimum Gasteiger partial charge on any atom is -0.476 e. The number of nitrogens with one attached hydrogen (secondary N) is 3. The molecule has 4 aromatic rings. The molecule has 0 spiro atoms. The molecule has 4 heterocycles. The lowest BCUT2D eigenvalue weighted by atomic mass is 10.1. The maximum atomic E-state index is 13.5. The Balaban J connectivity index is 1.26. The standard InChI is InChI=1S/C29H30N6O7S/c36-28(33-43(39,40)21-9-10-23(25(17-21)35(37)38)31-18-20-6-3-4-14-41-20)22-7-1-2-8-24(22)34-13-5-15-42-29-26(34)16-19-11-12-30-27(19)32-29/h1-2,7-12,16-17,20,31H,3-6,13-15,18H2,(H,30,32)(H,33,36). The number of anilines is 3. The van der Waals surface area contributed by atoms with Gasteiger partial charge in [0.15, 0.2) is 0 Å². The normalized spacial score (nSPS) is 17.0. The molecule has 2 aliphatic heterocycles. The predicted octanol–water partition coefficient (Wildman–Crippen LogP) is 4.49. The van der Waals surface area contributed by atoms with Crippen molar-refractivity contribution in [1.29, 1.82) is 0 Å². The summed E-state index contributed by atoms with van der Waals surface area (Å²) < 4.78 is 40.3. The van der Waals surface area contributed by atoms with E-state index in [2.05, 4.69) is 20.0 Å². The summed E-state index contributed by atoms with van der Waals surface area (Å²) >= 11 is 0. The van der Waals surface area contributed by atoms with Crippen LogP contribution in [0.2, 0.25) is 0 Å². The molecule has 3 N–H and O–H groups in total. The van der Waals surface area contributed by atoms with E-state index in [9.17, 15) is 23.3 Å². The Morgan fingerprint density at radius 1 is 1.09 bits per heavy atom. The van der Waals surface area contributed by atoms with Crippen LogP contribution >= 0.6 is 0 Å². The third-order valence-corrected chi connectivity index (χ3v) is 8.80. The first-order valence-electron chi connectivity index (χ1n) is 14.0. The molecule has 0 saturated carbocycles. The van der Waals surface area contributed by atoms with E-state index in [1.165, 1.54) is 18.2 Å². The quantitative estimate of drug-likeness (QED) is 0.192. The molecule has 1 fully saturated rings. The lowest BCUT2D eigenvalue weighted by molar-refractivity contribution is -0.384. The first kappa shape index (κ1) is 28.4. The summed E-state index contributed by atoms with van der Waals surface area (Å²) in [5.74, 6) is -0.483. The molecule has 1 unspecified atom stereocenters. The summed E-state index contributed by atoms with van der Waals surface area (Å²) in [6.45, 7) is 1.91. The summed E-state index contributed by atoms with van der Waals surface area (Å²) in [5.41, 5.74) is 1.63. The summed E-state index contributed by atoms with van der Waals surface area (Å²) in [6.07, 6.45) is 5.15. The van der Waals surface area contributed by atoms with Crippen LogP contribution in [0, 0.1) is 10.1 Å². The lowest BCUT2D eigenvalue weighted by Gasteiger charge is -2.25. The molecule has 0 bridgehead atoms. The fourth-order valence-electron chi connectivity index (χ4n) is 5.32. The van der Waals surface area contributed by atoms with Gasteiger partial charge in [-0.05, 0) is 62.1 Å². The van der Waals surface area contributed by atoms with Gasteiger partial charge in [0.1, 0.15) is 17.0 Å². The number of rotatable bonds is 8. The van der Waals surface area contributed by atoms with Crippen LogP contribution < -0.4 is 19.7 Å². The highest BCUT2D eigenvalue weighted by Crippen LogP contribution is 2.38. The molecule has 224 valence electrons. The van der Waals surface area contributed by atoms with Gasteiger partial charge < -0.3 is 24.7 Å². The molecule has 0 radical (unpaired) electrons. The van der Waals surface area contributed by atoms with E-state index in [1.807, 2.05) is 17.0 Å². The molecule has 13 nitrogen and oxygen atoms in total. The number of nitro benzene ring substituents is 1. The third kappa shape index (κ3) is 5.96. The van der Waals surface area contributed by atoms with Crippen LogP contribution in [0.25, 0.3) is 11.0 Å². The number of aromatic nitrogens is 2. The zero-order valence-corrected chi connectivity index (χ0v) is 23.9. The highest BCUT2D eigenvalue weighted by molar-refractivity contribution is 7.90. The molecule has 1 amide bonds. The van der Waals surface area contributed by atoms with E-state index in [0.29, 0.717) is 55.6 Å². The van der Waals surface area contributed by atoms with Crippen molar-refractivity contribution >= 4 is 49.7 Å². The summed E-state index contributed by atoms with van der Waals surface area (Å²) in [6, 6.07) is 13.9. The lowest BCUT2D eigenvalue weighted by Crippen LogP contribution is -2.32. The Morgan fingerprint density at radius 3 is 2.77 bits per heavy atom. The first-order chi connectivity index (χ1) is 20.8. The van der Waals surface area contributed by atoms with Crippen LogP contribution in [0.1, 0.15) is 36.0 Å². The average Bonchev–Trinajstić information content (AvgIpc) is 3.37. The second-order valence-corrected chi connectivity index (χ2v) is 12.0. The van der Waals surface area contributed by atoms with E-state index >= 15 is 0 Å². The molecule has 0 aliphatic carbocycles. The van der Waals surface area contributed by atoms with Gasteiger partial charge in [-0.1, -0.05) is 12.1 Å². The Morgan fingerprint density at radius 2 is 1.95 bits per heavy atom. The number of ether oxygens (including phenoxy) is 2. The number of hydrogen-bond donors (Lipinski definition) is 3. The van der Waals surface area contributed by atoms with Gasteiger partial charge in [-0.25, -0.2) is 13.1 Å². The third-order valence-electron chi connectivity index (χ3n) is 7.47. The number of aromatic amines is 1. The van der Waals surface area contributed by atoms with Gasteiger partial charge in [0.05, 0.1) is 33.8 Å². The number of para-hydroxylation sites is 1. The SMILES string of the molecule is O=C(NS(=O)(=O)c1ccc(NCC2CCCCO2)c([N+](=O)[O-])c1)c1ccccc1N1CCCOc2nc3[nH]ccc3cc21. The van der Waals surface area contributed by atoms with Crippen LogP contribution in [0.5, 0.6) is 5.88 Å². The van der Waals surface area contributed by atoms with Crippen LogP contribution in [0.15, 0.2) is 65.7 Å². The number of amides is 1. The van der Waals surface area contributed by atoms with Crippen molar-refractivity contribution in [2.24, 2.45) is 0 Å². The van der Waals surface area contributed by atoms with Gasteiger partial charge in [0, 0.05) is 37.3 Å². The van der Waals surface area contributed by atoms with E-state index < -0.39 is 31.4 Å². The van der Waals surface area contributed by atoms with E-state index in [4.69, 9.17) is 9.47 Å². The van der Waals surface area contributed by atoms with Crippen molar-refractivity contribution in [1.82, 2.24) is 14.7 Å². The van der Waals surface area contributed by atoms with Crippen LogP contribution in [-0.2, 0) is 14.8 Å². The maximum Gasteiger partial charge on any atom is 0.293 e. The fraction of sp³-hybridized carbons (Fsp3) is 0.310. The number of nitro groups is 1. The van der Waals surface area contributed by atoms with Crippen LogP contribution in [0.4, 0.5) is 22.7 Å². The Labute approximate surface area is 247 Å². The van der Waals surface area contributed by atoms with Crippen LogP contribution in [-0.4, -0.2) is 61.6 Å². The molecular formula is C29H30N6O7S. The molecule has 1 saturated heterocycles. The van der Waals surface area contributed by atoms with Crippen molar-refractivity contribution in [3.8, 4) is 5.88 Å². The highest BCUT2D eigenvalue weighted by Gasteiger charge is 2.28. The number of carbonyl (C=O) groups excluding carboxylic acids is 1. The van der Waals surface area contributed by atoms with Gasteiger partial charge >= 0.3 is 0 Å². The number of fused-ring (bicyclic) bond motifs is 2. The van der Waals surface area contributed by atoms with E-state index in [0.717, 1.165) is 30.7 Å². The second kappa shape index (κ2) is 11.9. The molecule has 1 atom stereocenters. The van der Waals surface area contributed by atoms with Crippen molar-refractivity contribution in [3.05, 3.63) is 76.5 Å². The first-order valence-corrected chi connectivity index (χ1v) is 15.5. The topological polar surface area (TPSA) is 169 Å². The number of benzene rings is 2. The number of nitrogens with zero attached hydrogens (tertiary/aromatic N) is 3. The number of carbonyl (C=O) groups is 1. The van der Waals surface area contributed by atoms with Crippen molar-refractivity contribution in [2.75, 3.05) is 36.5 Å². The molecular weight excluding hydrogens is 576 g/mol. The van der Waals surface area contributed by atoms with Gasteiger partial charge in [0.25, 0.3) is 21.6 Å². The second-order valence-electron chi connectivity index (χ2n) is 10.3. The fourth-order valence-corrected chi connectivity index (χ4v) is 6.31. The van der Waals surface area contributed by atoms with E-state index in [-0.39, 0.29) is 17.4 Å². The average molecular weight is 607 g/mol. The zero-order chi connectivity index (χ0) is 30.0. The summed E-state index contributed by atoms with van der Waals surface area (Å²) in [7, 11) is -4.47. The highest BCUT2D eigenvalue weighted by atomic mass is 32.2. The van der Waals surface area contributed by atoms with E-state index in [1.54, 1.807) is 24.4 Å². The molecule has 2 aromatic heterocycles. The number of H-pyrrole nitrogens is 1. The van der Waals surface area contributed by atoms with Crippen LogP contribution in [0.3, 0.4) is 0 Å². The van der Waals surface area contributed by atoms with Gasteiger partial charge in [-0.15, -0.1) is 0 Å². The number of hydrogen-bond acceptors (Lipinski definition) is 10. The minimum absolute atomic E-state index is 0.0799. The number of pyridine rings is 1. The van der Waals surface area contributed by atoms with Crippen molar-refractivity contribution < 1.29 is 27.6 Å². The Hall–Kier alpha value is -4.69. The Kier molecular flexibility index (Phi) is 7.86. The van der Waals surface area contributed by atoms with Gasteiger partial charge in [0.2, 0.25) is 5.88 Å². The minimum atomic E-state index is -4.47. The molecule has 14 heteroatoms. The molecule has 43 heavy (non-hydrogen) atoms. The maximum absolute atomic E-state index is 13.5. The van der Waals surface area contributed by atoms with Crippen molar-refractivity contribution in [2.45, 2.75) is 36.7 Å². The predicted molar refractivity (Wildman–Crippen MR) is 159 cm³/mol. The largest absolute Gasteiger partial charge is 0.476 e. The molecule has 6 rings (SSSR count). The smallest absolute Gasteiger partial charge is 0.293 e. The van der Waals surface area contributed by atoms with Crippen molar-refractivity contribution in [3.63, 3.8) is 0 Å². The summed E-state index contributed by atoms with van der Waals surface area (Å²) in [5, 5.41) is 15.7. The van der Waals surface area contributed by atoms with Gasteiger partial charge in [-0.3, -0.25) is 14.9 Å². The number of sulfonamides is 1. The monoisotopic (exact) mass is 606 g/mol. The van der Waals surface area contributed by atoms with Gasteiger partial charge in [-0.2, -0.15) is 4.98 Å². The Bertz CT molecular complexity index is 1790. The zero-order valence-electron chi connectivity index (χ0n) is 23.1. The molecule has 2 aromatic carbocycles. The molecule has 2 aliphatic rings.